The highest BCUT2D eigenvalue weighted by molar-refractivity contribution is 5.82. The van der Waals surface area contributed by atoms with Gasteiger partial charge in [-0.1, -0.05) is 0 Å². The summed E-state index contributed by atoms with van der Waals surface area (Å²) in [6.07, 6.45) is 0.901. The molecule has 6 nitrogen and oxygen atoms in total. The van der Waals surface area contributed by atoms with Crippen molar-refractivity contribution in [3.05, 3.63) is 0 Å². The van der Waals surface area contributed by atoms with E-state index in [4.69, 9.17) is 10.2 Å². The van der Waals surface area contributed by atoms with Gasteiger partial charge in [-0.2, -0.15) is 0 Å². The summed E-state index contributed by atoms with van der Waals surface area (Å²) in [7, 11) is 0. The van der Waals surface area contributed by atoms with E-state index >= 15 is 0 Å². The van der Waals surface area contributed by atoms with Crippen molar-refractivity contribution < 1.29 is 29.4 Å². The van der Waals surface area contributed by atoms with E-state index in [0.29, 0.717) is 12.6 Å². The van der Waals surface area contributed by atoms with Crippen LogP contribution in [0.2, 0.25) is 0 Å². The normalized spacial score (nSPS) is 34.0. The molecule has 1 aliphatic carbocycles. The van der Waals surface area contributed by atoms with Crippen LogP contribution in [-0.4, -0.2) is 34.7 Å². The van der Waals surface area contributed by atoms with Crippen LogP contribution in [0.3, 0.4) is 0 Å². The smallest absolute Gasteiger partial charge is 0.307 e. The first-order chi connectivity index (χ1) is 7.51. The predicted octanol–water partition coefficient (Wildman–Crippen LogP) is -0.188. The lowest BCUT2D eigenvalue weighted by Crippen LogP contribution is -2.40. The molecule has 1 rings (SSSR count). The molecule has 16 heavy (non-hydrogen) atoms. The van der Waals surface area contributed by atoms with Crippen molar-refractivity contribution >= 4 is 24.5 Å². The van der Waals surface area contributed by atoms with Crippen molar-refractivity contribution in [3.8, 4) is 0 Å². The summed E-state index contributed by atoms with van der Waals surface area (Å²) in [4.78, 5) is 43.1. The van der Waals surface area contributed by atoms with E-state index in [1.54, 1.807) is 0 Å². The van der Waals surface area contributed by atoms with E-state index in [9.17, 15) is 19.2 Å². The van der Waals surface area contributed by atoms with E-state index in [-0.39, 0.29) is 12.8 Å². The maximum atomic E-state index is 10.9. The number of rotatable bonds is 4. The van der Waals surface area contributed by atoms with Gasteiger partial charge < -0.3 is 19.8 Å². The number of hydrogen-bond acceptors (Lipinski definition) is 4. The first-order valence-corrected chi connectivity index (χ1v) is 4.87. The Kier molecular flexibility index (Phi) is 3.76. The molecule has 0 aromatic carbocycles. The summed E-state index contributed by atoms with van der Waals surface area (Å²) >= 11 is 0. The number of aliphatic carboxylic acids is 2. The van der Waals surface area contributed by atoms with Crippen LogP contribution in [0.4, 0.5) is 0 Å². The molecule has 0 amide bonds. The summed E-state index contributed by atoms with van der Waals surface area (Å²) < 4.78 is 0. The summed E-state index contributed by atoms with van der Waals surface area (Å²) in [6, 6.07) is 0. The fraction of sp³-hybridized carbons (Fsp3) is 0.600. The Labute approximate surface area is 91.3 Å². The highest BCUT2D eigenvalue weighted by Gasteiger charge is 2.43. The second-order valence-corrected chi connectivity index (χ2v) is 3.96. The van der Waals surface area contributed by atoms with Crippen LogP contribution >= 0.6 is 0 Å². The molecule has 0 aliphatic heterocycles. The van der Waals surface area contributed by atoms with Crippen LogP contribution in [-0.2, 0) is 19.2 Å². The lowest BCUT2D eigenvalue weighted by atomic mass is 9.69. The quantitative estimate of drug-likeness (QED) is 0.645. The fourth-order valence-electron chi connectivity index (χ4n) is 2.12. The maximum Gasteiger partial charge on any atom is 0.307 e. The van der Waals surface area contributed by atoms with Gasteiger partial charge in [0.25, 0.3) is 0 Å². The third-order valence-electron chi connectivity index (χ3n) is 3.07. The van der Waals surface area contributed by atoms with Gasteiger partial charge in [0.05, 0.1) is 11.8 Å². The molecule has 2 N–H and O–H groups in total. The molecule has 1 fully saturated rings. The number of carboxylic acids is 2. The molecular weight excluding hydrogens is 216 g/mol. The minimum atomic E-state index is -1.23. The Morgan fingerprint density at radius 3 is 1.38 bits per heavy atom. The van der Waals surface area contributed by atoms with Gasteiger partial charge in [0.15, 0.2) is 0 Å². The summed E-state index contributed by atoms with van der Waals surface area (Å²) in [6.45, 7) is 0. The molecule has 0 aromatic heterocycles. The number of carbonyl (C=O) groups excluding carboxylic acids is 2. The van der Waals surface area contributed by atoms with Gasteiger partial charge in [0.2, 0.25) is 0 Å². The van der Waals surface area contributed by atoms with Crippen molar-refractivity contribution in [2.24, 2.45) is 23.7 Å². The monoisotopic (exact) mass is 228 g/mol. The molecule has 6 heteroatoms. The molecule has 1 saturated carbocycles. The Balaban J connectivity index is 2.93. The maximum absolute atomic E-state index is 10.9. The first-order valence-electron chi connectivity index (χ1n) is 4.87. The van der Waals surface area contributed by atoms with E-state index in [2.05, 4.69) is 0 Å². The molecule has 0 spiro atoms. The van der Waals surface area contributed by atoms with Crippen molar-refractivity contribution in [2.75, 3.05) is 0 Å². The zero-order chi connectivity index (χ0) is 12.3. The molecule has 4 unspecified atom stereocenters. The minimum Gasteiger partial charge on any atom is -0.481 e. The molecule has 0 saturated heterocycles. The van der Waals surface area contributed by atoms with Crippen molar-refractivity contribution in [3.63, 3.8) is 0 Å². The number of aldehydes is 2. The van der Waals surface area contributed by atoms with Gasteiger partial charge in [-0.05, 0) is 12.8 Å². The van der Waals surface area contributed by atoms with Crippen LogP contribution in [0, 0.1) is 23.7 Å². The van der Waals surface area contributed by atoms with Gasteiger partial charge in [-0.15, -0.1) is 0 Å². The van der Waals surface area contributed by atoms with E-state index < -0.39 is 35.6 Å². The highest BCUT2D eigenvalue weighted by atomic mass is 16.4. The SMILES string of the molecule is O=CC1CC(C(=O)O)C(C(=O)O)CC1C=O. The van der Waals surface area contributed by atoms with Crippen LogP contribution < -0.4 is 0 Å². The summed E-state index contributed by atoms with van der Waals surface area (Å²) in [5.41, 5.74) is 0. The number of carbonyl (C=O) groups is 4. The topological polar surface area (TPSA) is 109 Å². The van der Waals surface area contributed by atoms with Crippen molar-refractivity contribution in [2.45, 2.75) is 12.8 Å². The Morgan fingerprint density at radius 2 is 1.19 bits per heavy atom. The highest BCUT2D eigenvalue weighted by Crippen LogP contribution is 2.36. The first kappa shape index (κ1) is 12.4. The summed E-state index contributed by atoms with van der Waals surface area (Å²) in [5.74, 6) is -6.02. The van der Waals surface area contributed by atoms with Crippen LogP contribution in [0.5, 0.6) is 0 Å². The van der Waals surface area contributed by atoms with Crippen LogP contribution in [0.1, 0.15) is 12.8 Å². The third kappa shape index (κ3) is 2.26. The zero-order valence-corrected chi connectivity index (χ0v) is 8.41. The average Bonchev–Trinajstić information content (AvgIpc) is 2.26. The van der Waals surface area contributed by atoms with Gasteiger partial charge in [-0.3, -0.25) is 9.59 Å². The number of carboxylic acid groups (broad SMARTS) is 2. The molecule has 4 atom stereocenters. The Hall–Kier alpha value is -1.72. The van der Waals surface area contributed by atoms with Gasteiger partial charge in [0, 0.05) is 11.8 Å². The molecule has 0 radical (unpaired) electrons. The van der Waals surface area contributed by atoms with E-state index in [1.165, 1.54) is 0 Å². The standard InChI is InChI=1S/C10H12O6/c11-3-5-1-7(9(13)14)8(10(15)16)2-6(5)4-12/h3-8H,1-2H2,(H,13,14)(H,15,16). The fourth-order valence-corrected chi connectivity index (χ4v) is 2.12. The lowest BCUT2D eigenvalue weighted by Gasteiger charge is -2.32. The van der Waals surface area contributed by atoms with Gasteiger partial charge in [0.1, 0.15) is 12.6 Å². The van der Waals surface area contributed by atoms with Crippen molar-refractivity contribution in [1.29, 1.82) is 0 Å². The largest absolute Gasteiger partial charge is 0.481 e. The molecule has 0 aromatic rings. The van der Waals surface area contributed by atoms with Gasteiger partial charge >= 0.3 is 11.9 Å². The van der Waals surface area contributed by atoms with Gasteiger partial charge in [-0.25, -0.2) is 0 Å². The molecule has 0 heterocycles. The molecular formula is C10H12O6. The van der Waals surface area contributed by atoms with E-state index in [0.717, 1.165) is 0 Å². The third-order valence-corrected chi connectivity index (χ3v) is 3.07. The van der Waals surface area contributed by atoms with E-state index in [1.807, 2.05) is 0 Å². The lowest BCUT2D eigenvalue weighted by molar-refractivity contribution is -0.158. The second-order valence-electron chi connectivity index (χ2n) is 3.96. The van der Waals surface area contributed by atoms with Crippen molar-refractivity contribution in [1.82, 2.24) is 0 Å². The zero-order valence-electron chi connectivity index (χ0n) is 8.41. The minimum absolute atomic E-state index is 0.0841. The van der Waals surface area contributed by atoms with Crippen LogP contribution in [0.25, 0.3) is 0 Å². The Bertz CT molecular complexity index is 291. The average molecular weight is 228 g/mol. The number of hydrogen-bond donors (Lipinski definition) is 2. The van der Waals surface area contributed by atoms with Crippen LogP contribution in [0.15, 0.2) is 0 Å². The molecule has 0 bridgehead atoms. The Morgan fingerprint density at radius 1 is 0.875 bits per heavy atom. The molecule has 88 valence electrons. The second kappa shape index (κ2) is 4.87. The predicted molar refractivity (Wildman–Crippen MR) is 50.6 cm³/mol. The molecule has 1 aliphatic rings. The summed E-state index contributed by atoms with van der Waals surface area (Å²) in [5, 5.41) is 17.7.